The molecule has 1 fully saturated rings. The van der Waals surface area contributed by atoms with Gasteiger partial charge in [0.05, 0.1) is 40.7 Å². The van der Waals surface area contributed by atoms with Gasteiger partial charge in [0, 0.05) is 43.5 Å². The van der Waals surface area contributed by atoms with Crippen molar-refractivity contribution < 1.29 is 19.1 Å². The van der Waals surface area contributed by atoms with E-state index in [0.717, 1.165) is 23.5 Å². The lowest BCUT2D eigenvalue weighted by Crippen LogP contribution is -2.47. The van der Waals surface area contributed by atoms with Crippen molar-refractivity contribution in [3.63, 3.8) is 0 Å². The third-order valence-corrected chi connectivity index (χ3v) is 6.44. The molecule has 1 unspecified atom stereocenters. The number of hydrogen-bond donors (Lipinski definition) is 1. The Labute approximate surface area is 201 Å². The molecule has 1 amide bonds. The molecule has 1 atom stereocenters. The number of carbonyl (C=O) groups is 2. The van der Waals surface area contributed by atoms with Crippen LogP contribution in [-0.2, 0) is 20.8 Å². The SMILES string of the molecule is CCOC(=O)c1cncc(SCC(=O)NCC2CN(Cc3ccc(Cl)c(Cl)c3)CCO2)c1. The summed E-state index contributed by atoms with van der Waals surface area (Å²) in [7, 11) is 0. The molecule has 2 aromatic rings. The lowest BCUT2D eigenvalue weighted by Gasteiger charge is -2.33. The minimum Gasteiger partial charge on any atom is -0.462 e. The van der Waals surface area contributed by atoms with Gasteiger partial charge in [-0.2, -0.15) is 0 Å². The summed E-state index contributed by atoms with van der Waals surface area (Å²) in [6.07, 6.45) is 2.98. The van der Waals surface area contributed by atoms with Crippen LogP contribution >= 0.6 is 35.0 Å². The summed E-state index contributed by atoms with van der Waals surface area (Å²) in [5.41, 5.74) is 1.45. The van der Waals surface area contributed by atoms with E-state index in [0.29, 0.717) is 41.9 Å². The smallest absolute Gasteiger partial charge is 0.339 e. The molecule has 1 aromatic carbocycles. The van der Waals surface area contributed by atoms with Gasteiger partial charge >= 0.3 is 5.97 Å². The zero-order valence-electron chi connectivity index (χ0n) is 17.7. The predicted molar refractivity (Wildman–Crippen MR) is 125 cm³/mol. The summed E-state index contributed by atoms with van der Waals surface area (Å²) in [4.78, 5) is 31.1. The van der Waals surface area contributed by atoms with E-state index in [9.17, 15) is 9.59 Å². The number of pyridine rings is 1. The van der Waals surface area contributed by atoms with Gasteiger partial charge in [0.2, 0.25) is 5.91 Å². The number of aromatic nitrogens is 1. The number of morpholine rings is 1. The number of halogens is 2. The van der Waals surface area contributed by atoms with Crippen molar-refractivity contribution in [1.82, 2.24) is 15.2 Å². The fraction of sp³-hybridized carbons (Fsp3) is 0.409. The second-order valence-electron chi connectivity index (χ2n) is 7.20. The average molecular weight is 498 g/mol. The first kappa shape index (κ1) is 24.8. The maximum atomic E-state index is 12.3. The molecule has 3 rings (SSSR count). The molecule has 1 aliphatic rings. The Hall–Kier alpha value is -1.84. The van der Waals surface area contributed by atoms with Gasteiger partial charge < -0.3 is 14.8 Å². The van der Waals surface area contributed by atoms with E-state index in [1.165, 1.54) is 18.0 Å². The molecular formula is C22H25Cl2N3O4S. The molecule has 1 aromatic heterocycles. The first-order chi connectivity index (χ1) is 15.4. The molecule has 172 valence electrons. The molecular weight excluding hydrogens is 473 g/mol. The molecule has 2 heterocycles. The minimum absolute atomic E-state index is 0.0886. The summed E-state index contributed by atoms with van der Waals surface area (Å²) < 4.78 is 10.8. The number of amides is 1. The molecule has 7 nitrogen and oxygen atoms in total. The van der Waals surface area contributed by atoms with E-state index in [1.54, 1.807) is 25.3 Å². The zero-order valence-corrected chi connectivity index (χ0v) is 20.0. The summed E-state index contributed by atoms with van der Waals surface area (Å²) in [6.45, 7) is 5.33. The summed E-state index contributed by atoms with van der Waals surface area (Å²) >= 11 is 13.4. The molecule has 1 N–H and O–H groups in total. The van der Waals surface area contributed by atoms with E-state index >= 15 is 0 Å². The number of ether oxygens (including phenoxy) is 2. The first-order valence-corrected chi connectivity index (χ1v) is 12.0. The quantitative estimate of drug-likeness (QED) is 0.418. The molecule has 0 aliphatic carbocycles. The van der Waals surface area contributed by atoms with Crippen molar-refractivity contribution >= 4 is 46.8 Å². The molecule has 32 heavy (non-hydrogen) atoms. The minimum atomic E-state index is -0.424. The number of nitrogens with one attached hydrogen (secondary N) is 1. The largest absolute Gasteiger partial charge is 0.462 e. The standard InChI is InChI=1S/C22H25Cl2N3O4S/c1-2-30-22(29)16-8-18(11-25-9-16)32-14-21(28)26-10-17-13-27(5-6-31-17)12-15-3-4-19(23)20(24)7-15/h3-4,7-9,11,17H,2,5-6,10,12-14H2,1H3,(H,26,28). The molecule has 0 spiro atoms. The van der Waals surface area contributed by atoms with E-state index in [2.05, 4.69) is 15.2 Å². The Morgan fingerprint density at radius 3 is 2.91 bits per heavy atom. The topological polar surface area (TPSA) is 80.8 Å². The van der Waals surface area contributed by atoms with Crippen molar-refractivity contribution in [3.8, 4) is 0 Å². The Morgan fingerprint density at radius 2 is 2.12 bits per heavy atom. The third kappa shape index (κ3) is 7.64. The molecule has 0 saturated carbocycles. The monoisotopic (exact) mass is 497 g/mol. The number of rotatable bonds is 9. The highest BCUT2D eigenvalue weighted by atomic mass is 35.5. The van der Waals surface area contributed by atoms with Crippen molar-refractivity contribution in [2.24, 2.45) is 0 Å². The zero-order chi connectivity index (χ0) is 22.9. The Balaban J connectivity index is 1.42. The summed E-state index contributed by atoms with van der Waals surface area (Å²) in [6, 6.07) is 7.31. The highest BCUT2D eigenvalue weighted by molar-refractivity contribution is 8.00. The normalized spacial score (nSPS) is 16.5. The predicted octanol–water partition coefficient (Wildman–Crippen LogP) is 3.67. The molecule has 1 saturated heterocycles. The maximum Gasteiger partial charge on any atom is 0.339 e. The number of hydrogen-bond acceptors (Lipinski definition) is 7. The van der Waals surface area contributed by atoms with Crippen molar-refractivity contribution in [1.29, 1.82) is 0 Å². The van der Waals surface area contributed by atoms with E-state index in [4.69, 9.17) is 32.7 Å². The lowest BCUT2D eigenvalue weighted by atomic mass is 10.2. The maximum absolute atomic E-state index is 12.3. The van der Waals surface area contributed by atoms with E-state index in [1.807, 2.05) is 12.1 Å². The van der Waals surface area contributed by atoms with Crippen LogP contribution in [0.25, 0.3) is 0 Å². The van der Waals surface area contributed by atoms with Crippen LogP contribution in [0.15, 0.2) is 41.6 Å². The van der Waals surface area contributed by atoms with Gasteiger partial charge in [-0.1, -0.05) is 29.3 Å². The van der Waals surface area contributed by atoms with Crippen LogP contribution in [0, 0.1) is 0 Å². The molecule has 10 heteroatoms. The van der Waals surface area contributed by atoms with E-state index in [-0.39, 0.29) is 17.8 Å². The number of nitrogens with zero attached hydrogens (tertiary/aromatic N) is 2. The lowest BCUT2D eigenvalue weighted by molar-refractivity contribution is -0.119. The van der Waals surface area contributed by atoms with Crippen LogP contribution in [-0.4, -0.2) is 66.5 Å². The van der Waals surface area contributed by atoms with Gasteiger partial charge in [-0.25, -0.2) is 4.79 Å². The second-order valence-corrected chi connectivity index (χ2v) is 9.06. The van der Waals surface area contributed by atoms with Gasteiger partial charge in [0.15, 0.2) is 0 Å². The number of esters is 1. The van der Waals surface area contributed by atoms with Crippen LogP contribution < -0.4 is 5.32 Å². The number of carbonyl (C=O) groups excluding carboxylic acids is 2. The molecule has 0 bridgehead atoms. The summed E-state index contributed by atoms with van der Waals surface area (Å²) in [5.74, 6) is -0.318. The van der Waals surface area contributed by atoms with Crippen LogP contribution in [0.4, 0.5) is 0 Å². The van der Waals surface area contributed by atoms with Crippen LogP contribution in [0.2, 0.25) is 10.0 Å². The summed E-state index contributed by atoms with van der Waals surface area (Å²) in [5, 5.41) is 4.00. The molecule has 1 aliphatic heterocycles. The number of benzene rings is 1. The third-order valence-electron chi connectivity index (χ3n) is 4.73. The fourth-order valence-electron chi connectivity index (χ4n) is 3.20. The highest BCUT2D eigenvalue weighted by Crippen LogP contribution is 2.23. The highest BCUT2D eigenvalue weighted by Gasteiger charge is 2.21. The fourth-order valence-corrected chi connectivity index (χ4v) is 4.26. The van der Waals surface area contributed by atoms with Crippen LogP contribution in [0.5, 0.6) is 0 Å². The van der Waals surface area contributed by atoms with Gasteiger partial charge in [-0.05, 0) is 30.7 Å². The Kier molecular flexibility index (Phi) is 9.62. The van der Waals surface area contributed by atoms with Crippen molar-refractivity contribution in [2.75, 3.05) is 38.6 Å². The second kappa shape index (κ2) is 12.4. The van der Waals surface area contributed by atoms with Gasteiger partial charge in [-0.3, -0.25) is 14.7 Å². The van der Waals surface area contributed by atoms with Crippen molar-refractivity contribution in [3.05, 3.63) is 57.8 Å². The van der Waals surface area contributed by atoms with Gasteiger partial charge in [0.25, 0.3) is 0 Å². The van der Waals surface area contributed by atoms with Gasteiger partial charge in [-0.15, -0.1) is 11.8 Å². The van der Waals surface area contributed by atoms with E-state index < -0.39 is 5.97 Å². The molecule has 0 radical (unpaired) electrons. The van der Waals surface area contributed by atoms with Crippen molar-refractivity contribution in [2.45, 2.75) is 24.5 Å². The van der Waals surface area contributed by atoms with Gasteiger partial charge in [0.1, 0.15) is 0 Å². The Morgan fingerprint density at radius 1 is 1.28 bits per heavy atom. The number of thioether (sulfide) groups is 1. The van der Waals surface area contributed by atoms with Crippen LogP contribution in [0.1, 0.15) is 22.8 Å². The average Bonchev–Trinajstić information content (AvgIpc) is 2.79. The Bertz CT molecular complexity index is 947. The van der Waals surface area contributed by atoms with Crippen LogP contribution in [0.3, 0.4) is 0 Å². The first-order valence-electron chi connectivity index (χ1n) is 10.2.